The Balaban J connectivity index is 1.67. The predicted octanol–water partition coefficient (Wildman–Crippen LogP) is 3.07. The molecular formula is C23H33N3O5. The summed E-state index contributed by atoms with van der Waals surface area (Å²) in [5, 5.41) is 18.8. The number of amides is 3. The van der Waals surface area contributed by atoms with E-state index in [1.54, 1.807) is 19.3 Å². The molecule has 0 radical (unpaired) electrons. The van der Waals surface area contributed by atoms with Gasteiger partial charge in [-0.2, -0.15) is 0 Å². The lowest BCUT2D eigenvalue weighted by atomic mass is 9.74. The molecule has 0 aromatic heterocycles. The Bertz CT molecular complexity index is 777. The van der Waals surface area contributed by atoms with E-state index in [0.717, 1.165) is 12.8 Å². The molecule has 3 N–H and O–H groups in total. The minimum absolute atomic E-state index is 0.0648. The SMILES string of the molecule is CC(C)N(C(=O)O)[C@@H]1CC[C@H](C(=O)N2CCC(c3ccccc3)CC2)[C@@H](C(=O)NO)C1. The third kappa shape index (κ3) is 5.18. The van der Waals surface area contributed by atoms with Crippen LogP contribution in [0.3, 0.4) is 0 Å². The van der Waals surface area contributed by atoms with E-state index in [2.05, 4.69) is 12.1 Å². The number of rotatable bonds is 5. The molecule has 3 atom stereocenters. The summed E-state index contributed by atoms with van der Waals surface area (Å²) in [5.41, 5.74) is 2.98. The van der Waals surface area contributed by atoms with Crippen LogP contribution in [0, 0.1) is 11.8 Å². The zero-order valence-electron chi connectivity index (χ0n) is 18.2. The monoisotopic (exact) mass is 431 g/mol. The van der Waals surface area contributed by atoms with Crippen molar-refractivity contribution in [1.29, 1.82) is 0 Å². The molecule has 1 aliphatic carbocycles. The van der Waals surface area contributed by atoms with Crippen molar-refractivity contribution in [3.05, 3.63) is 35.9 Å². The van der Waals surface area contributed by atoms with Crippen LogP contribution in [0.5, 0.6) is 0 Å². The molecule has 1 heterocycles. The average molecular weight is 432 g/mol. The zero-order valence-corrected chi connectivity index (χ0v) is 18.2. The summed E-state index contributed by atoms with van der Waals surface area (Å²) in [6.07, 6.45) is 1.90. The summed E-state index contributed by atoms with van der Waals surface area (Å²) in [6.45, 7) is 4.87. The maximum absolute atomic E-state index is 13.3. The highest BCUT2D eigenvalue weighted by atomic mass is 16.5. The van der Waals surface area contributed by atoms with Crippen LogP contribution in [-0.4, -0.2) is 63.2 Å². The Kier molecular flexibility index (Phi) is 7.54. The van der Waals surface area contributed by atoms with E-state index >= 15 is 0 Å². The lowest BCUT2D eigenvalue weighted by molar-refractivity contribution is -0.148. The highest BCUT2D eigenvalue weighted by molar-refractivity contribution is 5.87. The second-order valence-corrected chi connectivity index (χ2v) is 8.95. The summed E-state index contributed by atoms with van der Waals surface area (Å²) in [7, 11) is 0. The number of carboxylic acid groups (broad SMARTS) is 1. The van der Waals surface area contributed by atoms with Gasteiger partial charge in [0, 0.05) is 31.1 Å². The fourth-order valence-electron chi connectivity index (χ4n) is 5.26. The van der Waals surface area contributed by atoms with E-state index in [4.69, 9.17) is 0 Å². The van der Waals surface area contributed by atoms with Crippen LogP contribution in [0.15, 0.2) is 30.3 Å². The minimum Gasteiger partial charge on any atom is -0.465 e. The number of piperidine rings is 1. The molecule has 3 rings (SSSR count). The van der Waals surface area contributed by atoms with Crippen LogP contribution in [-0.2, 0) is 9.59 Å². The van der Waals surface area contributed by atoms with Gasteiger partial charge in [-0.25, -0.2) is 10.3 Å². The van der Waals surface area contributed by atoms with Crippen molar-refractivity contribution < 1.29 is 24.7 Å². The number of hydrogen-bond donors (Lipinski definition) is 3. The minimum atomic E-state index is -1.03. The van der Waals surface area contributed by atoms with E-state index in [1.807, 2.05) is 23.1 Å². The highest BCUT2D eigenvalue weighted by Crippen LogP contribution is 2.36. The lowest BCUT2D eigenvalue weighted by Crippen LogP contribution is -2.53. The van der Waals surface area contributed by atoms with Crippen molar-refractivity contribution in [1.82, 2.24) is 15.3 Å². The van der Waals surface area contributed by atoms with Gasteiger partial charge in [0.2, 0.25) is 11.8 Å². The van der Waals surface area contributed by atoms with Crippen molar-refractivity contribution >= 4 is 17.9 Å². The van der Waals surface area contributed by atoms with Crippen molar-refractivity contribution in [3.63, 3.8) is 0 Å². The van der Waals surface area contributed by atoms with Gasteiger partial charge in [0.25, 0.3) is 0 Å². The van der Waals surface area contributed by atoms with Crippen LogP contribution >= 0.6 is 0 Å². The van der Waals surface area contributed by atoms with Gasteiger partial charge in [-0.3, -0.25) is 14.8 Å². The lowest BCUT2D eigenvalue weighted by Gasteiger charge is -2.42. The van der Waals surface area contributed by atoms with E-state index in [9.17, 15) is 24.7 Å². The average Bonchev–Trinajstić information content (AvgIpc) is 2.78. The van der Waals surface area contributed by atoms with Gasteiger partial charge in [-0.15, -0.1) is 0 Å². The number of carbonyl (C=O) groups is 3. The van der Waals surface area contributed by atoms with Gasteiger partial charge in [-0.1, -0.05) is 30.3 Å². The molecule has 2 aliphatic rings. The Morgan fingerprint density at radius 1 is 1.03 bits per heavy atom. The molecule has 2 fully saturated rings. The van der Waals surface area contributed by atoms with Gasteiger partial charge in [-0.05, 0) is 57.4 Å². The Morgan fingerprint density at radius 2 is 1.68 bits per heavy atom. The number of carbonyl (C=O) groups excluding carboxylic acids is 2. The molecule has 0 spiro atoms. The number of benzene rings is 1. The maximum atomic E-state index is 13.3. The molecule has 1 saturated heterocycles. The summed E-state index contributed by atoms with van der Waals surface area (Å²) >= 11 is 0. The molecule has 3 amide bonds. The number of likely N-dealkylation sites (tertiary alicyclic amines) is 1. The zero-order chi connectivity index (χ0) is 22.5. The van der Waals surface area contributed by atoms with Crippen LogP contribution in [0.25, 0.3) is 0 Å². The molecule has 1 aliphatic heterocycles. The number of hydrogen-bond acceptors (Lipinski definition) is 4. The summed E-state index contributed by atoms with van der Waals surface area (Å²) in [6, 6.07) is 9.71. The molecule has 31 heavy (non-hydrogen) atoms. The summed E-state index contributed by atoms with van der Waals surface area (Å²) in [5.74, 6) is -1.54. The quantitative estimate of drug-likeness (QED) is 0.490. The molecule has 8 heteroatoms. The molecular weight excluding hydrogens is 398 g/mol. The first-order valence-electron chi connectivity index (χ1n) is 11.1. The smallest absolute Gasteiger partial charge is 0.407 e. The highest BCUT2D eigenvalue weighted by Gasteiger charge is 2.44. The van der Waals surface area contributed by atoms with Crippen LogP contribution in [0.4, 0.5) is 4.79 Å². The molecule has 8 nitrogen and oxygen atoms in total. The Morgan fingerprint density at radius 3 is 2.23 bits per heavy atom. The number of nitrogens with one attached hydrogen (secondary N) is 1. The number of nitrogens with zero attached hydrogens (tertiary/aromatic N) is 2. The second kappa shape index (κ2) is 10.1. The normalized spacial score (nSPS) is 24.6. The molecule has 1 aromatic rings. The first kappa shape index (κ1) is 23.1. The van der Waals surface area contributed by atoms with Gasteiger partial charge in [0.1, 0.15) is 0 Å². The first-order valence-corrected chi connectivity index (χ1v) is 11.1. The molecule has 1 aromatic carbocycles. The number of hydroxylamine groups is 1. The predicted molar refractivity (Wildman–Crippen MR) is 115 cm³/mol. The van der Waals surface area contributed by atoms with Gasteiger partial charge >= 0.3 is 6.09 Å². The van der Waals surface area contributed by atoms with Crippen molar-refractivity contribution in [2.45, 2.75) is 64.0 Å². The van der Waals surface area contributed by atoms with Crippen LogP contribution in [0.1, 0.15) is 57.4 Å². The van der Waals surface area contributed by atoms with E-state index < -0.39 is 23.8 Å². The van der Waals surface area contributed by atoms with Gasteiger partial charge in [0.15, 0.2) is 0 Å². The largest absolute Gasteiger partial charge is 0.465 e. The van der Waals surface area contributed by atoms with Gasteiger partial charge < -0.3 is 14.9 Å². The third-order valence-electron chi connectivity index (χ3n) is 6.83. The molecule has 0 unspecified atom stereocenters. The Hall–Kier alpha value is -2.61. The van der Waals surface area contributed by atoms with Crippen molar-refractivity contribution in [2.24, 2.45) is 11.8 Å². The maximum Gasteiger partial charge on any atom is 0.407 e. The first-order chi connectivity index (χ1) is 14.8. The standard InChI is InChI=1S/C23H33N3O5/c1-15(2)26(23(29)30)18-8-9-19(20(14-18)21(27)24-31)22(28)25-12-10-17(11-13-25)16-6-4-3-5-7-16/h3-7,15,17-20,31H,8-14H2,1-2H3,(H,24,27)(H,29,30)/t18-,19+,20+/m1/s1. The molecule has 0 bridgehead atoms. The fourth-order valence-corrected chi connectivity index (χ4v) is 5.26. The molecule has 170 valence electrons. The van der Waals surface area contributed by atoms with E-state index in [-0.39, 0.29) is 24.4 Å². The summed E-state index contributed by atoms with van der Waals surface area (Å²) in [4.78, 5) is 40.6. The second-order valence-electron chi connectivity index (χ2n) is 8.95. The fraction of sp³-hybridized carbons (Fsp3) is 0.609. The van der Waals surface area contributed by atoms with Crippen LogP contribution in [0.2, 0.25) is 0 Å². The van der Waals surface area contributed by atoms with Crippen LogP contribution < -0.4 is 5.48 Å². The van der Waals surface area contributed by atoms with Gasteiger partial charge in [0.05, 0.1) is 5.92 Å². The van der Waals surface area contributed by atoms with E-state index in [0.29, 0.717) is 31.8 Å². The van der Waals surface area contributed by atoms with Crippen molar-refractivity contribution in [2.75, 3.05) is 13.1 Å². The third-order valence-corrected chi connectivity index (χ3v) is 6.83. The Labute approximate surface area is 183 Å². The topological polar surface area (TPSA) is 110 Å². The molecule has 1 saturated carbocycles. The van der Waals surface area contributed by atoms with E-state index in [1.165, 1.54) is 10.5 Å². The summed E-state index contributed by atoms with van der Waals surface area (Å²) < 4.78 is 0. The van der Waals surface area contributed by atoms with Crippen molar-refractivity contribution in [3.8, 4) is 0 Å².